The van der Waals surface area contributed by atoms with Gasteiger partial charge in [-0.2, -0.15) is 0 Å². The molecule has 0 bridgehead atoms. The molecule has 1 aromatic carbocycles. The first kappa shape index (κ1) is 8.66. The van der Waals surface area contributed by atoms with Crippen LogP contribution in [0.25, 0.3) is 10.2 Å². The van der Waals surface area contributed by atoms with E-state index >= 15 is 0 Å². The SMILES string of the molecule is CNC(C)c1ccc2ncsc2c1. The summed E-state index contributed by atoms with van der Waals surface area (Å²) in [5, 5.41) is 3.22. The van der Waals surface area contributed by atoms with Gasteiger partial charge in [-0.1, -0.05) is 6.07 Å². The van der Waals surface area contributed by atoms with Gasteiger partial charge >= 0.3 is 0 Å². The van der Waals surface area contributed by atoms with E-state index in [9.17, 15) is 0 Å². The normalized spacial score (nSPS) is 13.4. The van der Waals surface area contributed by atoms with E-state index in [1.54, 1.807) is 11.3 Å². The van der Waals surface area contributed by atoms with E-state index in [1.165, 1.54) is 10.3 Å². The molecule has 0 fully saturated rings. The van der Waals surface area contributed by atoms with Gasteiger partial charge in [0, 0.05) is 6.04 Å². The molecule has 1 aromatic heterocycles. The number of hydrogen-bond donors (Lipinski definition) is 1. The van der Waals surface area contributed by atoms with Gasteiger partial charge in [-0.05, 0) is 31.7 Å². The molecule has 0 aliphatic rings. The van der Waals surface area contributed by atoms with Crippen molar-refractivity contribution in [1.82, 2.24) is 10.3 Å². The van der Waals surface area contributed by atoms with Crippen LogP contribution in [0.3, 0.4) is 0 Å². The predicted molar refractivity (Wildman–Crippen MR) is 57.1 cm³/mol. The summed E-state index contributed by atoms with van der Waals surface area (Å²) in [7, 11) is 1.97. The highest BCUT2D eigenvalue weighted by molar-refractivity contribution is 7.16. The summed E-state index contributed by atoms with van der Waals surface area (Å²) >= 11 is 1.69. The second-order valence-electron chi connectivity index (χ2n) is 3.09. The van der Waals surface area contributed by atoms with Crippen molar-refractivity contribution in [2.75, 3.05) is 7.05 Å². The van der Waals surface area contributed by atoms with Crippen LogP contribution in [-0.2, 0) is 0 Å². The van der Waals surface area contributed by atoms with Crippen LogP contribution in [0, 0.1) is 0 Å². The smallest absolute Gasteiger partial charge is 0.0812 e. The number of nitrogens with zero attached hydrogens (tertiary/aromatic N) is 1. The molecule has 68 valence electrons. The molecule has 1 N–H and O–H groups in total. The van der Waals surface area contributed by atoms with Crippen LogP contribution in [0.15, 0.2) is 23.7 Å². The molecule has 0 spiro atoms. The number of fused-ring (bicyclic) bond motifs is 1. The van der Waals surface area contributed by atoms with Crippen molar-refractivity contribution < 1.29 is 0 Å². The van der Waals surface area contributed by atoms with Crippen molar-refractivity contribution >= 4 is 21.6 Å². The number of nitrogens with one attached hydrogen (secondary N) is 1. The average molecular weight is 192 g/mol. The number of thiazole rings is 1. The van der Waals surface area contributed by atoms with E-state index in [1.807, 2.05) is 12.6 Å². The maximum absolute atomic E-state index is 4.24. The van der Waals surface area contributed by atoms with Crippen molar-refractivity contribution in [3.63, 3.8) is 0 Å². The first-order chi connectivity index (χ1) is 6.31. The van der Waals surface area contributed by atoms with E-state index < -0.39 is 0 Å². The minimum Gasteiger partial charge on any atom is -0.313 e. The topological polar surface area (TPSA) is 24.9 Å². The second-order valence-corrected chi connectivity index (χ2v) is 3.98. The maximum Gasteiger partial charge on any atom is 0.0812 e. The first-order valence-corrected chi connectivity index (χ1v) is 5.19. The van der Waals surface area contributed by atoms with E-state index in [-0.39, 0.29) is 0 Å². The minimum absolute atomic E-state index is 0.409. The van der Waals surface area contributed by atoms with Gasteiger partial charge < -0.3 is 5.32 Å². The molecule has 2 rings (SSSR count). The van der Waals surface area contributed by atoms with Gasteiger partial charge in [0.1, 0.15) is 0 Å². The zero-order valence-electron chi connectivity index (χ0n) is 7.74. The Labute approximate surface area is 81.6 Å². The Kier molecular flexibility index (Phi) is 2.29. The van der Waals surface area contributed by atoms with E-state index in [4.69, 9.17) is 0 Å². The molecule has 3 heteroatoms. The largest absolute Gasteiger partial charge is 0.313 e. The van der Waals surface area contributed by atoms with Gasteiger partial charge in [-0.25, -0.2) is 4.98 Å². The second kappa shape index (κ2) is 3.44. The Bertz CT molecular complexity index is 408. The summed E-state index contributed by atoms with van der Waals surface area (Å²) in [6, 6.07) is 6.82. The fourth-order valence-electron chi connectivity index (χ4n) is 1.31. The lowest BCUT2D eigenvalue weighted by atomic mass is 10.1. The van der Waals surface area contributed by atoms with Crippen molar-refractivity contribution in [3.8, 4) is 0 Å². The minimum atomic E-state index is 0.409. The van der Waals surface area contributed by atoms with E-state index in [0.717, 1.165) is 5.52 Å². The highest BCUT2D eigenvalue weighted by Gasteiger charge is 2.03. The monoisotopic (exact) mass is 192 g/mol. The van der Waals surface area contributed by atoms with Crippen molar-refractivity contribution in [1.29, 1.82) is 0 Å². The number of hydrogen-bond acceptors (Lipinski definition) is 3. The Morgan fingerprint density at radius 1 is 1.46 bits per heavy atom. The average Bonchev–Trinajstić information content (AvgIpc) is 2.63. The first-order valence-electron chi connectivity index (χ1n) is 4.31. The summed E-state index contributed by atoms with van der Waals surface area (Å²) < 4.78 is 1.26. The van der Waals surface area contributed by atoms with Gasteiger partial charge in [0.05, 0.1) is 15.7 Å². The lowest BCUT2D eigenvalue weighted by molar-refractivity contribution is 0.653. The summed E-state index contributed by atoms with van der Waals surface area (Å²) in [4.78, 5) is 4.24. The lowest BCUT2D eigenvalue weighted by Gasteiger charge is -2.09. The Balaban J connectivity index is 2.48. The highest BCUT2D eigenvalue weighted by atomic mass is 32.1. The molecular weight excluding hydrogens is 180 g/mol. The fraction of sp³-hybridized carbons (Fsp3) is 0.300. The maximum atomic E-state index is 4.24. The van der Waals surface area contributed by atoms with Crippen LogP contribution in [0.2, 0.25) is 0 Å². The predicted octanol–water partition coefficient (Wildman–Crippen LogP) is 2.58. The van der Waals surface area contributed by atoms with Gasteiger partial charge in [-0.15, -0.1) is 11.3 Å². The molecule has 0 saturated heterocycles. The number of aromatic nitrogens is 1. The Morgan fingerprint density at radius 2 is 2.31 bits per heavy atom. The third kappa shape index (κ3) is 1.57. The molecule has 0 aliphatic heterocycles. The summed E-state index contributed by atoms with van der Waals surface area (Å²) in [5.74, 6) is 0. The van der Waals surface area contributed by atoms with Crippen molar-refractivity contribution in [3.05, 3.63) is 29.3 Å². The lowest BCUT2D eigenvalue weighted by Crippen LogP contribution is -2.11. The van der Waals surface area contributed by atoms with Gasteiger partial charge in [-0.3, -0.25) is 0 Å². The quantitative estimate of drug-likeness (QED) is 0.791. The molecule has 1 unspecified atom stereocenters. The molecule has 1 heterocycles. The van der Waals surface area contributed by atoms with Crippen molar-refractivity contribution in [2.24, 2.45) is 0 Å². The molecular formula is C10H12N2S. The number of rotatable bonds is 2. The van der Waals surface area contributed by atoms with Gasteiger partial charge in [0.15, 0.2) is 0 Å². The molecule has 0 amide bonds. The summed E-state index contributed by atoms with van der Waals surface area (Å²) in [6.45, 7) is 2.15. The Hall–Kier alpha value is -0.930. The zero-order valence-corrected chi connectivity index (χ0v) is 8.56. The van der Waals surface area contributed by atoms with Crippen LogP contribution in [0.4, 0.5) is 0 Å². The zero-order chi connectivity index (χ0) is 9.26. The number of benzene rings is 1. The Morgan fingerprint density at radius 3 is 3.08 bits per heavy atom. The molecule has 0 saturated carbocycles. The third-order valence-corrected chi connectivity index (χ3v) is 3.08. The summed E-state index contributed by atoms with van der Waals surface area (Å²) in [6.07, 6.45) is 0. The molecule has 1 atom stereocenters. The van der Waals surface area contributed by atoms with Gasteiger partial charge in [0.2, 0.25) is 0 Å². The molecule has 0 aliphatic carbocycles. The fourth-order valence-corrected chi connectivity index (χ4v) is 2.03. The van der Waals surface area contributed by atoms with E-state index in [0.29, 0.717) is 6.04 Å². The van der Waals surface area contributed by atoms with Crippen LogP contribution >= 0.6 is 11.3 Å². The summed E-state index contributed by atoms with van der Waals surface area (Å²) in [5.41, 5.74) is 4.30. The highest BCUT2D eigenvalue weighted by Crippen LogP contribution is 2.22. The molecule has 13 heavy (non-hydrogen) atoms. The van der Waals surface area contributed by atoms with Crippen LogP contribution in [0.1, 0.15) is 18.5 Å². The molecule has 0 radical (unpaired) electrons. The third-order valence-electron chi connectivity index (χ3n) is 2.29. The van der Waals surface area contributed by atoms with Crippen LogP contribution in [-0.4, -0.2) is 12.0 Å². The van der Waals surface area contributed by atoms with Crippen molar-refractivity contribution in [2.45, 2.75) is 13.0 Å². The van der Waals surface area contributed by atoms with E-state index in [2.05, 4.69) is 35.4 Å². The standard InChI is InChI=1S/C10H12N2S/c1-7(11-2)8-3-4-9-10(5-8)13-6-12-9/h3-7,11H,1-2H3. The van der Waals surface area contributed by atoms with Crippen LogP contribution in [0.5, 0.6) is 0 Å². The molecule has 2 aromatic rings. The van der Waals surface area contributed by atoms with Gasteiger partial charge in [0.25, 0.3) is 0 Å². The van der Waals surface area contributed by atoms with Crippen LogP contribution < -0.4 is 5.32 Å². The molecule has 2 nitrogen and oxygen atoms in total.